The average Bonchev–Trinajstić information content (AvgIpc) is 3.36. The maximum absolute atomic E-state index is 12.9. The Morgan fingerprint density at radius 3 is 1.38 bits per heavy atom. The van der Waals surface area contributed by atoms with E-state index in [2.05, 4.69) is 20.0 Å². The molecule has 2 aromatic rings. The minimum absolute atomic E-state index is 0.0805. The molecule has 0 spiro atoms. The highest BCUT2D eigenvalue weighted by atomic mass is 32.1. The number of anilines is 2. The predicted molar refractivity (Wildman–Crippen MR) is 137 cm³/mol. The van der Waals surface area contributed by atoms with Crippen LogP contribution in [0.25, 0.3) is 0 Å². The Labute approximate surface area is 242 Å². The molecule has 2 aromatic heterocycles. The number of alkyl halides is 6. The zero-order valence-electron chi connectivity index (χ0n) is 23.0. The molecule has 2 heterocycles. The number of rotatable bonds is 5. The van der Waals surface area contributed by atoms with Gasteiger partial charge >= 0.3 is 36.5 Å². The number of esters is 1. The number of carbonyl (C=O) groups is 4. The number of hydrogen-bond acceptors (Lipinski definition) is 11. The molecule has 0 saturated carbocycles. The second-order valence-corrected chi connectivity index (χ2v) is 11.7. The number of thiazole rings is 2. The SMILES string of the molecule is CC(C)(C)OC(=O)Nc1nc(C(F)(F)F)c(C(=O)O)s1.CCOC(=O)c1sc(NC(=O)OC(C)(C)C)nc1C(F)(F)F. The molecule has 20 heteroatoms. The molecule has 0 atom stereocenters. The Morgan fingerprint density at radius 1 is 0.738 bits per heavy atom. The number of aromatic nitrogens is 2. The number of hydrogen-bond donors (Lipinski definition) is 3. The molecule has 3 N–H and O–H groups in total. The summed E-state index contributed by atoms with van der Waals surface area (Å²) >= 11 is 0.577. The van der Waals surface area contributed by atoms with Gasteiger partial charge in [0.25, 0.3) is 0 Å². The van der Waals surface area contributed by atoms with Gasteiger partial charge < -0.3 is 19.3 Å². The topological polar surface area (TPSA) is 166 Å². The zero-order chi connectivity index (χ0) is 32.8. The van der Waals surface area contributed by atoms with Crippen molar-refractivity contribution in [3.05, 3.63) is 21.1 Å². The standard InChI is InChI=1S/C12H15F3N2O4S.C10H11F3N2O4S/c1-5-20-8(18)6-7(12(13,14)15)16-9(22-6)17-10(19)21-11(2,3)4;1-9(2,3)19-8(18)15-7-14-5(10(11,12)13)4(20-7)6(16)17/h5H2,1-4H3,(H,16,17,19);1-3H3,(H,16,17)(H,14,15,18). The molecule has 0 unspecified atom stereocenters. The quantitative estimate of drug-likeness (QED) is 0.176. The highest BCUT2D eigenvalue weighted by Gasteiger charge is 2.41. The third-order valence-corrected chi connectivity index (χ3v) is 5.57. The minimum Gasteiger partial charge on any atom is -0.477 e. The molecule has 0 aliphatic carbocycles. The van der Waals surface area contributed by atoms with Crippen molar-refractivity contribution in [2.24, 2.45) is 0 Å². The number of carboxylic acid groups (broad SMARTS) is 1. The van der Waals surface area contributed by atoms with E-state index in [1.807, 2.05) is 5.32 Å². The van der Waals surface area contributed by atoms with Crippen LogP contribution in [-0.4, -0.2) is 57.0 Å². The lowest BCUT2D eigenvalue weighted by molar-refractivity contribution is -0.141. The second-order valence-electron chi connectivity index (χ2n) is 9.67. The lowest BCUT2D eigenvalue weighted by Crippen LogP contribution is -2.27. The number of ether oxygens (including phenoxy) is 3. The highest BCUT2D eigenvalue weighted by Crippen LogP contribution is 2.37. The van der Waals surface area contributed by atoms with Gasteiger partial charge in [0, 0.05) is 0 Å². The van der Waals surface area contributed by atoms with Crippen LogP contribution in [0.5, 0.6) is 0 Å². The van der Waals surface area contributed by atoms with Crippen molar-refractivity contribution >= 4 is 57.1 Å². The van der Waals surface area contributed by atoms with E-state index in [1.54, 1.807) is 41.5 Å². The molecule has 0 saturated heterocycles. The van der Waals surface area contributed by atoms with Crippen LogP contribution in [0.4, 0.5) is 46.2 Å². The van der Waals surface area contributed by atoms with Gasteiger partial charge in [0.2, 0.25) is 0 Å². The third kappa shape index (κ3) is 12.0. The van der Waals surface area contributed by atoms with Crippen molar-refractivity contribution in [1.29, 1.82) is 0 Å². The van der Waals surface area contributed by atoms with Crippen LogP contribution in [0, 0.1) is 0 Å². The van der Waals surface area contributed by atoms with Crippen molar-refractivity contribution in [3.8, 4) is 0 Å². The van der Waals surface area contributed by atoms with Crippen LogP contribution in [0.1, 0.15) is 79.2 Å². The first-order valence-electron chi connectivity index (χ1n) is 11.4. The Morgan fingerprint density at radius 2 is 1.10 bits per heavy atom. The first-order valence-corrected chi connectivity index (χ1v) is 13.0. The van der Waals surface area contributed by atoms with E-state index >= 15 is 0 Å². The lowest BCUT2D eigenvalue weighted by Gasteiger charge is -2.18. The molecule has 0 bridgehead atoms. The van der Waals surface area contributed by atoms with Crippen molar-refractivity contribution in [3.63, 3.8) is 0 Å². The molecule has 2 rings (SSSR count). The first kappa shape index (κ1) is 36.3. The number of aromatic carboxylic acids is 1. The van der Waals surface area contributed by atoms with Crippen molar-refractivity contribution in [2.45, 2.75) is 72.0 Å². The van der Waals surface area contributed by atoms with E-state index in [-0.39, 0.29) is 17.9 Å². The summed E-state index contributed by atoms with van der Waals surface area (Å²) in [6.45, 7) is 10.9. The van der Waals surface area contributed by atoms with Crippen LogP contribution in [0.2, 0.25) is 0 Å². The van der Waals surface area contributed by atoms with Crippen molar-refractivity contribution < 1.29 is 64.8 Å². The number of halogens is 6. The fourth-order valence-electron chi connectivity index (χ4n) is 2.39. The number of nitrogens with one attached hydrogen (secondary N) is 2. The summed E-state index contributed by atoms with van der Waals surface area (Å²) in [6, 6.07) is 0. The van der Waals surface area contributed by atoms with E-state index < -0.39 is 79.1 Å². The van der Waals surface area contributed by atoms with E-state index in [9.17, 15) is 45.5 Å². The second kappa shape index (κ2) is 13.5. The Hall–Kier alpha value is -3.68. The fourth-order valence-corrected chi connectivity index (χ4v) is 4.07. The summed E-state index contributed by atoms with van der Waals surface area (Å²) in [5.41, 5.74) is -4.62. The smallest absolute Gasteiger partial charge is 0.435 e. The maximum Gasteiger partial charge on any atom is 0.435 e. The molecule has 0 radical (unpaired) electrons. The van der Waals surface area contributed by atoms with Gasteiger partial charge in [-0.2, -0.15) is 26.3 Å². The normalized spacial score (nSPS) is 12.0. The fraction of sp³-hybridized carbons (Fsp3) is 0.545. The van der Waals surface area contributed by atoms with E-state index in [4.69, 9.17) is 14.6 Å². The molecule has 0 fully saturated rings. The van der Waals surface area contributed by atoms with Gasteiger partial charge in [-0.25, -0.2) is 29.1 Å². The Bertz CT molecular complexity index is 1290. The number of nitrogens with zero attached hydrogens (tertiary/aromatic N) is 2. The number of carbonyl (C=O) groups excluding carboxylic acids is 3. The number of amides is 2. The molecular formula is C22H26F6N4O8S2. The lowest BCUT2D eigenvalue weighted by atomic mass is 10.2. The zero-order valence-corrected chi connectivity index (χ0v) is 24.6. The molecular weight excluding hydrogens is 626 g/mol. The summed E-state index contributed by atoms with van der Waals surface area (Å²) < 4.78 is 90.6. The average molecular weight is 653 g/mol. The van der Waals surface area contributed by atoms with Crippen LogP contribution < -0.4 is 10.6 Å². The number of carboxylic acids is 1. The minimum atomic E-state index is -4.92. The molecule has 42 heavy (non-hydrogen) atoms. The van der Waals surface area contributed by atoms with E-state index in [0.717, 1.165) is 0 Å². The van der Waals surface area contributed by atoms with Gasteiger partial charge in [0.15, 0.2) is 21.7 Å². The summed E-state index contributed by atoms with van der Waals surface area (Å²) in [4.78, 5) is 49.8. The van der Waals surface area contributed by atoms with Crippen LogP contribution >= 0.6 is 22.7 Å². The summed E-state index contributed by atoms with van der Waals surface area (Å²) in [5.74, 6) is -2.92. The first-order chi connectivity index (χ1) is 18.8. The Kier molecular flexibility index (Phi) is 11.7. The maximum atomic E-state index is 12.9. The molecule has 12 nitrogen and oxygen atoms in total. The van der Waals surface area contributed by atoms with Crippen LogP contribution in [-0.2, 0) is 26.6 Å². The summed E-state index contributed by atoms with van der Waals surface area (Å²) in [6.07, 6.45) is -11.7. The predicted octanol–water partition coefficient (Wildman–Crippen LogP) is 6.89. The van der Waals surface area contributed by atoms with Gasteiger partial charge in [-0.05, 0) is 48.5 Å². The molecule has 0 aliphatic rings. The van der Waals surface area contributed by atoms with Gasteiger partial charge in [-0.3, -0.25) is 10.6 Å². The summed E-state index contributed by atoms with van der Waals surface area (Å²) in [7, 11) is 0. The largest absolute Gasteiger partial charge is 0.477 e. The molecule has 0 aromatic carbocycles. The monoisotopic (exact) mass is 652 g/mol. The van der Waals surface area contributed by atoms with Gasteiger partial charge in [0.1, 0.15) is 21.0 Å². The van der Waals surface area contributed by atoms with E-state index in [0.29, 0.717) is 11.3 Å². The molecule has 236 valence electrons. The summed E-state index contributed by atoms with van der Waals surface area (Å²) in [5, 5.41) is 11.8. The van der Waals surface area contributed by atoms with E-state index in [1.165, 1.54) is 6.92 Å². The molecule has 0 aliphatic heterocycles. The van der Waals surface area contributed by atoms with Crippen molar-refractivity contribution in [1.82, 2.24) is 9.97 Å². The van der Waals surface area contributed by atoms with Crippen molar-refractivity contribution in [2.75, 3.05) is 17.2 Å². The van der Waals surface area contributed by atoms with Gasteiger partial charge in [-0.15, -0.1) is 0 Å². The molecule has 2 amide bonds. The van der Waals surface area contributed by atoms with Crippen LogP contribution in [0.15, 0.2) is 0 Å². The Balaban J connectivity index is 0.000000422. The van der Waals surface area contributed by atoms with Crippen LogP contribution in [0.3, 0.4) is 0 Å². The van der Waals surface area contributed by atoms with Gasteiger partial charge in [0.05, 0.1) is 6.61 Å². The van der Waals surface area contributed by atoms with Gasteiger partial charge in [-0.1, -0.05) is 22.7 Å². The third-order valence-electron chi connectivity index (χ3n) is 3.66. The highest BCUT2D eigenvalue weighted by molar-refractivity contribution is 7.18.